The van der Waals surface area contributed by atoms with E-state index in [1.165, 1.54) is 31.3 Å². The number of hydrogen-bond acceptors (Lipinski definition) is 4. The second kappa shape index (κ2) is 8.97. The van der Waals surface area contributed by atoms with E-state index in [9.17, 15) is 13.2 Å². The van der Waals surface area contributed by atoms with Gasteiger partial charge in [0.2, 0.25) is 10.0 Å². The number of thiocarbonyl (C=S) groups is 1. The van der Waals surface area contributed by atoms with Gasteiger partial charge in [-0.25, -0.2) is 8.42 Å². The lowest BCUT2D eigenvalue weighted by atomic mass is 10.4. The van der Waals surface area contributed by atoms with Gasteiger partial charge >= 0.3 is 0 Å². The van der Waals surface area contributed by atoms with Crippen LogP contribution in [0.5, 0.6) is 0 Å². The average Bonchev–Trinajstić information content (AvgIpc) is 2.51. The molecule has 1 amide bonds. The first-order valence-corrected chi connectivity index (χ1v) is 9.04. The highest BCUT2D eigenvalue weighted by molar-refractivity contribution is 7.89. The van der Waals surface area contributed by atoms with E-state index in [-0.39, 0.29) is 16.6 Å². The summed E-state index contributed by atoms with van der Waals surface area (Å²) in [4.78, 5) is 11.9. The van der Waals surface area contributed by atoms with E-state index in [1.54, 1.807) is 0 Å². The van der Waals surface area contributed by atoms with Crippen LogP contribution in [-0.4, -0.2) is 43.9 Å². The zero-order valence-electron chi connectivity index (χ0n) is 13.3. The van der Waals surface area contributed by atoms with Crippen molar-refractivity contribution in [2.24, 2.45) is 0 Å². The van der Waals surface area contributed by atoms with E-state index in [4.69, 9.17) is 23.8 Å². The SMILES string of the molecule is C=C(C)CNC(=S)NNC(=O)CN(C)S(=O)(=O)c1ccc(Cl)cc1. The lowest BCUT2D eigenvalue weighted by Gasteiger charge is -2.17. The Balaban J connectivity index is 2.55. The molecular formula is C14H19ClN4O3S2. The van der Waals surface area contributed by atoms with Crippen LogP contribution < -0.4 is 16.2 Å². The lowest BCUT2D eigenvalue weighted by Crippen LogP contribution is -2.50. The molecule has 0 aromatic heterocycles. The van der Waals surface area contributed by atoms with Crippen LogP contribution in [0.2, 0.25) is 5.02 Å². The topological polar surface area (TPSA) is 90.5 Å². The van der Waals surface area contributed by atoms with Crippen molar-refractivity contribution < 1.29 is 13.2 Å². The number of carbonyl (C=O) groups is 1. The summed E-state index contributed by atoms with van der Waals surface area (Å²) in [5.41, 5.74) is 5.68. The molecule has 0 aliphatic heterocycles. The van der Waals surface area contributed by atoms with Crippen molar-refractivity contribution >= 4 is 44.9 Å². The number of hydrazine groups is 1. The first-order chi connectivity index (χ1) is 11.1. The molecule has 0 aliphatic carbocycles. The molecule has 1 aromatic carbocycles. The van der Waals surface area contributed by atoms with E-state index >= 15 is 0 Å². The van der Waals surface area contributed by atoms with Gasteiger partial charge in [-0.15, -0.1) is 0 Å². The number of amides is 1. The minimum absolute atomic E-state index is 0.0498. The van der Waals surface area contributed by atoms with Gasteiger partial charge in [-0.2, -0.15) is 4.31 Å². The van der Waals surface area contributed by atoms with Gasteiger partial charge in [0, 0.05) is 18.6 Å². The third kappa shape index (κ3) is 6.44. The first kappa shape index (κ1) is 20.4. The third-order valence-electron chi connectivity index (χ3n) is 2.75. The summed E-state index contributed by atoms with van der Waals surface area (Å²) in [5, 5.41) is 3.44. The highest BCUT2D eigenvalue weighted by Gasteiger charge is 2.22. The van der Waals surface area contributed by atoms with Gasteiger partial charge < -0.3 is 5.32 Å². The van der Waals surface area contributed by atoms with Crippen LogP contribution in [0.15, 0.2) is 41.3 Å². The van der Waals surface area contributed by atoms with Crippen LogP contribution in [0.4, 0.5) is 0 Å². The summed E-state index contributed by atoms with van der Waals surface area (Å²) in [5.74, 6) is -0.561. The number of nitrogens with zero attached hydrogens (tertiary/aromatic N) is 1. The maximum Gasteiger partial charge on any atom is 0.253 e. The molecule has 24 heavy (non-hydrogen) atoms. The molecule has 0 saturated carbocycles. The summed E-state index contributed by atoms with van der Waals surface area (Å²) >= 11 is 10.7. The molecule has 0 radical (unpaired) electrons. The fourth-order valence-corrected chi connectivity index (χ4v) is 2.89. The fraction of sp³-hybridized carbons (Fsp3) is 0.286. The molecule has 0 saturated heterocycles. The lowest BCUT2D eigenvalue weighted by molar-refractivity contribution is -0.121. The van der Waals surface area contributed by atoms with Crippen LogP contribution in [-0.2, 0) is 14.8 Å². The predicted octanol–water partition coefficient (Wildman–Crippen LogP) is 1.03. The minimum Gasteiger partial charge on any atom is -0.358 e. The highest BCUT2D eigenvalue weighted by atomic mass is 35.5. The molecule has 3 N–H and O–H groups in total. The van der Waals surface area contributed by atoms with E-state index < -0.39 is 15.9 Å². The summed E-state index contributed by atoms with van der Waals surface area (Å²) in [7, 11) is -2.48. The zero-order valence-corrected chi connectivity index (χ0v) is 15.7. The standard InChI is InChI=1S/C14H19ClN4O3S2/c1-10(2)8-16-14(23)18-17-13(20)9-19(3)24(21,22)12-6-4-11(15)5-7-12/h4-7H,1,8-9H2,2-3H3,(H,17,20)(H2,16,18,23). The summed E-state index contributed by atoms with van der Waals surface area (Å²) in [6, 6.07) is 5.69. The molecule has 0 spiro atoms. The van der Waals surface area contributed by atoms with E-state index in [0.29, 0.717) is 11.6 Å². The Bertz CT molecular complexity index is 720. The van der Waals surface area contributed by atoms with Gasteiger partial charge in [0.25, 0.3) is 5.91 Å². The molecule has 1 rings (SSSR count). The van der Waals surface area contributed by atoms with Crippen molar-refractivity contribution in [3.8, 4) is 0 Å². The van der Waals surface area contributed by atoms with Gasteiger partial charge in [0.05, 0.1) is 11.4 Å². The Morgan fingerprint density at radius 1 is 1.29 bits per heavy atom. The number of halogens is 1. The largest absolute Gasteiger partial charge is 0.358 e. The van der Waals surface area contributed by atoms with Crippen molar-refractivity contribution in [1.29, 1.82) is 0 Å². The summed E-state index contributed by atoms with van der Waals surface area (Å²) < 4.78 is 25.6. The molecule has 7 nitrogen and oxygen atoms in total. The Morgan fingerprint density at radius 3 is 2.42 bits per heavy atom. The first-order valence-electron chi connectivity index (χ1n) is 6.82. The van der Waals surface area contributed by atoms with Gasteiger partial charge in [0.1, 0.15) is 0 Å². The molecule has 132 valence electrons. The molecular weight excluding hydrogens is 372 g/mol. The van der Waals surface area contributed by atoms with Crippen molar-refractivity contribution in [2.45, 2.75) is 11.8 Å². The van der Waals surface area contributed by atoms with Crippen LogP contribution in [0.1, 0.15) is 6.92 Å². The van der Waals surface area contributed by atoms with E-state index in [0.717, 1.165) is 9.88 Å². The Morgan fingerprint density at radius 2 is 1.88 bits per heavy atom. The number of hydrogen-bond donors (Lipinski definition) is 3. The quantitative estimate of drug-likeness (QED) is 0.382. The molecule has 0 bridgehead atoms. The number of nitrogens with one attached hydrogen (secondary N) is 3. The Kier molecular flexibility index (Phi) is 7.61. The second-order valence-electron chi connectivity index (χ2n) is 5.03. The number of carbonyl (C=O) groups excluding carboxylic acids is 1. The number of likely N-dealkylation sites (N-methyl/N-ethyl adjacent to an activating group) is 1. The van der Waals surface area contributed by atoms with Crippen molar-refractivity contribution in [3.05, 3.63) is 41.4 Å². The van der Waals surface area contributed by atoms with Crippen LogP contribution in [0.3, 0.4) is 0 Å². The normalized spacial score (nSPS) is 11.0. The zero-order chi connectivity index (χ0) is 18.3. The average molecular weight is 391 g/mol. The maximum atomic E-state index is 12.3. The Labute approximate surface area is 152 Å². The Hall–Kier alpha value is -1.68. The van der Waals surface area contributed by atoms with E-state index in [2.05, 4.69) is 22.7 Å². The predicted molar refractivity (Wildman–Crippen MR) is 98.0 cm³/mol. The minimum atomic E-state index is -3.78. The molecule has 10 heteroatoms. The smallest absolute Gasteiger partial charge is 0.253 e. The number of benzene rings is 1. The third-order valence-corrected chi connectivity index (χ3v) is 5.07. The molecule has 1 aromatic rings. The van der Waals surface area contributed by atoms with Crippen molar-refractivity contribution in [3.63, 3.8) is 0 Å². The van der Waals surface area contributed by atoms with E-state index in [1.807, 2.05) is 6.92 Å². The molecule has 0 unspecified atom stereocenters. The van der Waals surface area contributed by atoms with Crippen LogP contribution >= 0.6 is 23.8 Å². The van der Waals surface area contributed by atoms with Gasteiger partial charge in [0.15, 0.2) is 5.11 Å². The maximum absolute atomic E-state index is 12.3. The van der Waals surface area contributed by atoms with Gasteiger partial charge in [-0.05, 0) is 43.4 Å². The number of rotatable bonds is 6. The van der Waals surface area contributed by atoms with Crippen molar-refractivity contribution in [1.82, 2.24) is 20.5 Å². The molecule has 0 heterocycles. The van der Waals surface area contributed by atoms with Gasteiger partial charge in [-0.1, -0.05) is 23.8 Å². The van der Waals surface area contributed by atoms with Gasteiger partial charge in [-0.3, -0.25) is 15.6 Å². The summed E-state index contributed by atoms with van der Waals surface area (Å²) in [6.07, 6.45) is 0. The molecule has 0 fully saturated rings. The fourth-order valence-electron chi connectivity index (χ4n) is 1.52. The molecule has 0 atom stereocenters. The van der Waals surface area contributed by atoms with Crippen molar-refractivity contribution in [2.75, 3.05) is 20.1 Å². The highest BCUT2D eigenvalue weighted by Crippen LogP contribution is 2.17. The van der Waals surface area contributed by atoms with Crippen LogP contribution in [0.25, 0.3) is 0 Å². The summed E-state index contributed by atoms with van der Waals surface area (Å²) in [6.45, 7) is 5.62. The number of sulfonamides is 1. The second-order valence-corrected chi connectivity index (χ2v) is 7.92. The van der Waals surface area contributed by atoms with Crippen LogP contribution in [0, 0.1) is 0 Å². The monoisotopic (exact) mass is 390 g/mol. The molecule has 0 aliphatic rings.